The van der Waals surface area contributed by atoms with E-state index in [0.717, 1.165) is 38.8 Å². The third-order valence-electron chi connectivity index (χ3n) is 3.28. The number of Topliss-reactive ketones (excluding diaryl/α,β-unsaturated/α-hetero) is 1. The van der Waals surface area contributed by atoms with Crippen LogP contribution in [-0.4, -0.2) is 43.0 Å². The molecule has 74 valence electrons. The van der Waals surface area contributed by atoms with Gasteiger partial charge in [0.05, 0.1) is 6.10 Å². The summed E-state index contributed by atoms with van der Waals surface area (Å²) in [6, 6.07) is 0.693. The van der Waals surface area contributed by atoms with Gasteiger partial charge < -0.3 is 4.74 Å². The minimum absolute atomic E-state index is 0.430. The fraction of sp³-hybridized carbons (Fsp3) is 0.900. The van der Waals surface area contributed by atoms with Crippen molar-refractivity contribution < 1.29 is 9.53 Å². The molecule has 0 N–H and O–H groups in total. The highest BCUT2D eigenvalue weighted by Crippen LogP contribution is 2.29. The van der Waals surface area contributed by atoms with Crippen LogP contribution in [0, 0.1) is 0 Å². The molecule has 0 radical (unpaired) electrons. The molecular formula is C10H17NO2. The topological polar surface area (TPSA) is 29.5 Å². The maximum atomic E-state index is 11.0. The van der Waals surface area contributed by atoms with Crippen LogP contribution in [0.2, 0.25) is 0 Å². The largest absolute Gasteiger partial charge is 0.381 e. The lowest BCUT2D eigenvalue weighted by atomic mass is 9.86. The lowest BCUT2D eigenvalue weighted by Crippen LogP contribution is -2.50. The SMILES string of the molecule is COC1CC(N2CCC(=O)CC2)C1. The summed E-state index contributed by atoms with van der Waals surface area (Å²) in [4.78, 5) is 13.4. The van der Waals surface area contributed by atoms with Crippen LogP contribution in [-0.2, 0) is 9.53 Å². The molecule has 1 aliphatic carbocycles. The summed E-state index contributed by atoms with van der Waals surface area (Å²) in [6.45, 7) is 1.94. The Bertz CT molecular complexity index is 189. The molecule has 0 atom stereocenters. The van der Waals surface area contributed by atoms with Crippen molar-refractivity contribution in [3.05, 3.63) is 0 Å². The van der Waals surface area contributed by atoms with Crippen LogP contribution in [0.3, 0.4) is 0 Å². The molecular weight excluding hydrogens is 166 g/mol. The molecule has 1 heterocycles. The van der Waals surface area contributed by atoms with Crippen molar-refractivity contribution in [1.82, 2.24) is 4.90 Å². The Balaban J connectivity index is 1.74. The van der Waals surface area contributed by atoms with Crippen LogP contribution in [0.4, 0.5) is 0 Å². The number of likely N-dealkylation sites (tertiary alicyclic amines) is 1. The molecule has 1 saturated heterocycles. The number of carbonyl (C=O) groups is 1. The predicted octanol–water partition coefficient (Wildman–Crippen LogP) is 0.829. The zero-order valence-corrected chi connectivity index (χ0v) is 8.16. The summed E-state index contributed by atoms with van der Waals surface area (Å²) in [7, 11) is 1.78. The van der Waals surface area contributed by atoms with Gasteiger partial charge in [-0.3, -0.25) is 9.69 Å². The van der Waals surface area contributed by atoms with Crippen LogP contribution in [0.15, 0.2) is 0 Å². The van der Waals surface area contributed by atoms with Gasteiger partial charge in [0.15, 0.2) is 0 Å². The Morgan fingerprint density at radius 1 is 1.31 bits per heavy atom. The second-order valence-corrected chi connectivity index (χ2v) is 4.06. The average Bonchev–Trinajstić information content (AvgIpc) is 2.06. The Morgan fingerprint density at radius 3 is 2.46 bits per heavy atom. The molecule has 3 nitrogen and oxygen atoms in total. The van der Waals surface area contributed by atoms with E-state index < -0.39 is 0 Å². The van der Waals surface area contributed by atoms with E-state index >= 15 is 0 Å². The Hall–Kier alpha value is -0.410. The molecule has 0 bridgehead atoms. The molecule has 0 unspecified atom stereocenters. The zero-order valence-electron chi connectivity index (χ0n) is 8.16. The van der Waals surface area contributed by atoms with E-state index in [-0.39, 0.29) is 0 Å². The number of ether oxygens (including phenoxy) is 1. The van der Waals surface area contributed by atoms with Crippen LogP contribution >= 0.6 is 0 Å². The van der Waals surface area contributed by atoms with Gasteiger partial charge in [0.2, 0.25) is 0 Å². The molecule has 13 heavy (non-hydrogen) atoms. The number of methoxy groups -OCH3 is 1. The third-order valence-corrected chi connectivity index (χ3v) is 3.28. The van der Waals surface area contributed by atoms with E-state index in [1.54, 1.807) is 7.11 Å². The number of ketones is 1. The molecule has 0 aromatic carbocycles. The van der Waals surface area contributed by atoms with Gasteiger partial charge in [0.1, 0.15) is 5.78 Å². The van der Waals surface area contributed by atoms with Gasteiger partial charge in [-0.05, 0) is 12.8 Å². The summed E-state index contributed by atoms with van der Waals surface area (Å²) in [5.41, 5.74) is 0. The van der Waals surface area contributed by atoms with Crippen molar-refractivity contribution in [3.63, 3.8) is 0 Å². The van der Waals surface area contributed by atoms with Crippen molar-refractivity contribution >= 4 is 5.78 Å². The molecule has 0 spiro atoms. The number of carbonyl (C=O) groups excluding carboxylic acids is 1. The van der Waals surface area contributed by atoms with E-state index in [9.17, 15) is 4.79 Å². The smallest absolute Gasteiger partial charge is 0.135 e. The van der Waals surface area contributed by atoms with E-state index in [1.807, 2.05) is 0 Å². The molecule has 1 saturated carbocycles. The van der Waals surface area contributed by atoms with Crippen LogP contribution in [0.25, 0.3) is 0 Å². The highest BCUT2D eigenvalue weighted by molar-refractivity contribution is 5.79. The zero-order chi connectivity index (χ0) is 9.26. The molecule has 2 aliphatic rings. The molecule has 0 aromatic heterocycles. The average molecular weight is 183 g/mol. The molecule has 1 aliphatic heterocycles. The third kappa shape index (κ3) is 1.92. The van der Waals surface area contributed by atoms with E-state index in [0.29, 0.717) is 17.9 Å². The van der Waals surface area contributed by atoms with Crippen molar-refractivity contribution in [1.29, 1.82) is 0 Å². The molecule has 0 aromatic rings. The van der Waals surface area contributed by atoms with Gasteiger partial charge in [0.25, 0.3) is 0 Å². The van der Waals surface area contributed by atoms with Gasteiger partial charge in [0, 0.05) is 39.1 Å². The molecule has 2 rings (SSSR count). The van der Waals surface area contributed by atoms with Gasteiger partial charge >= 0.3 is 0 Å². The van der Waals surface area contributed by atoms with Gasteiger partial charge in [-0.1, -0.05) is 0 Å². The number of rotatable bonds is 2. The van der Waals surface area contributed by atoms with Crippen molar-refractivity contribution in [2.45, 2.75) is 37.8 Å². The maximum absolute atomic E-state index is 11.0. The maximum Gasteiger partial charge on any atom is 0.135 e. The normalized spacial score (nSPS) is 35.9. The Morgan fingerprint density at radius 2 is 1.92 bits per heavy atom. The lowest BCUT2D eigenvalue weighted by Gasteiger charge is -2.43. The van der Waals surface area contributed by atoms with E-state index in [2.05, 4.69) is 4.90 Å². The lowest BCUT2D eigenvalue weighted by molar-refractivity contribution is -0.123. The second kappa shape index (κ2) is 3.76. The van der Waals surface area contributed by atoms with Crippen molar-refractivity contribution in [2.24, 2.45) is 0 Å². The fourth-order valence-electron chi connectivity index (χ4n) is 2.17. The first-order chi connectivity index (χ1) is 6.29. The summed E-state index contributed by atoms with van der Waals surface area (Å²) in [5, 5.41) is 0. The first-order valence-corrected chi connectivity index (χ1v) is 5.08. The van der Waals surface area contributed by atoms with E-state index in [4.69, 9.17) is 4.74 Å². The number of piperidine rings is 1. The van der Waals surface area contributed by atoms with Crippen molar-refractivity contribution in [3.8, 4) is 0 Å². The summed E-state index contributed by atoms with van der Waals surface area (Å²) in [6.07, 6.45) is 4.31. The first-order valence-electron chi connectivity index (χ1n) is 5.08. The van der Waals surface area contributed by atoms with E-state index in [1.165, 1.54) is 0 Å². The van der Waals surface area contributed by atoms with Crippen LogP contribution in [0.5, 0.6) is 0 Å². The second-order valence-electron chi connectivity index (χ2n) is 4.06. The monoisotopic (exact) mass is 183 g/mol. The number of hydrogen-bond acceptors (Lipinski definition) is 3. The van der Waals surface area contributed by atoms with Crippen LogP contribution < -0.4 is 0 Å². The Labute approximate surface area is 79.0 Å². The van der Waals surface area contributed by atoms with Gasteiger partial charge in [-0.25, -0.2) is 0 Å². The fourth-order valence-corrected chi connectivity index (χ4v) is 2.17. The van der Waals surface area contributed by atoms with Gasteiger partial charge in [-0.15, -0.1) is 0 Å². The number of hydrogen-bond donors (Lipinski definition) is 0. The molecule has 0 amide bonds. The number of nitrogens with zero attached hydrogens (tertiary/aromatic N) is 1. The molecule has 2 fully saturated rings. The molecule has 3 heteroatoms. The minimum Gasteiger partial charge on any atom is -0.381 e. The first kappa shape index (κ1) is 9.16. The summed E-state index contributed by atoms with van der Waals surface area (Å²) >= 11 is 0. The van der Waals surface area contributed by atoms with Crippen LogP contribution in [0.1, 0.15) is 25.7 Å². The van der Waals surface area contributed by atoms with Gasteiger partial charge in [-0.2, -0.15) is 0 Å². The summed E-state index contributed by atoms with van der Waals surface area (Å²) in [5.74, 6) is 0.430. The Kier molecular flexibility index (Phi) is 2.65. The standard InChI is InChI=1S/C10H17NO2/c1-13-10-6-8(7-10)11-4-2-9(12)3-5-11/h8,10H,2-7H2,1H3. The van der Waals surface area contributed by atoms with Crippen molar-refractivity contribution in [2.75, 3.05) is 20.2 Å². The summed E-state index contributed by atoms with van der Waals surface area (Å²) < 4.78 is 5.23. The predicted molar refractivity (Wildman–Crippen MR) is 49.6 cm³/mol. The quantitative estimate of drug-likeness (QED) is 0.635. The minimum atomic E-state index is 0.430. The highest BCUT2D eigenvalue weighted by Gasteiger charge is 2.34. The highest BCUT2D eigenvalue weighted by atomic mass is 16.5.